The Kier molecular flexibility index (Phi) is 4.88. The van der Waals surface area contributed by atoms with Crippen LogP contribution in [0.15, 0.2) is 53.1 Å². The van der Waals surface area contributed by atoms with Gasteiger partial charge in [0.2, 0.25) is 5.91 Å². The number of carbonyl (C=O) groups excluding carboxylic acids is 1. The van der Waals surface area contributed by atoms with Gasteiger partial charge in [-0.25, -0.2) is 9.50 Å². The number of para-hydroxylation sites is 1. The zero-order valence-electron chi connectivity index (χ0n) is 17.6. The Morgan fingerprint density at radius 2 is 2.06 bits per heavy atom. The Morgan fingerprint density at radius 3 is 2.94 bits per heavy atom. The molecule has 2 aliphatic heterocycles. The van der Waals surface area contributed by atoms with E-state index in [1.54, 1.807) is 15.6 Å². The number of hydrogen-bond acceptors (Lipinski definition) is 6. The summed E-state index contributed by atoms with van der Waals surface area (Å²) in [4.78, 5) is 19.0. The molecular formula is C24H24N4O4. The molecule has 0 aliphatic carbocycles. The average Bonchev–Trinajstić information content (AvgIpc) is 3.54. The van der Waals surface area contributed by atoms with E-state index in [9.17, 15) is 4.79 Å². The molecule has 0 N–H and O–H groups in total. The highest BCUT2D eigenvalue weighted by Gasteiger charge is 2.34. The fourth-order valence-electron chi connectivity index (χ4n) is 4.55. The molecule has 8 nitrogen and oxygen atoms in total. The van der Waals surface area contributed by atoms with Gasteiger partial charge in [-0.3, -0.25) is 9.69 Å². The quantitative estimate of drug-likeness (QED) is 0.471. The molecule has 1 amide bonds. The number of fused-ring (bicyclic) bond motifs is 2. The number of ether oxygens (including phenoxy) is 2. The highest BCUT2D eigenvalue weighted by Crippen LogP contribution is 2.30. The predicted molar refractivity (Wildman–Crippen MR) is 118 cm³/mol. The van der Waals surface area contributed by atoms with Gasteiger partial charge in [0.25, 0.3) is 0 Å². The highest BCUT2D eigenvalue weighted by atomic mass is 16.7. The lowest BCUT2D eigenvalue weighted by Crippen LogP contribution is -2.38. The largest absolute Gasteiger partial charge is 0.454 e. The van der Waals surface area contributed by atoms with Gasteiger partial charge in [-0.15, -0.1) is 5.10 Å². The fourth-order valence-corrected chi connectivity index (χ4v) is 4.55. The van der Waals surface area contributed by atoms with Gasteiger partial charge < -0.3 is 13.9 Å². The standard InChI is InChI=1S/C24H24N4O4/c29-23-11-8-17(15-31-24-7-3-4-12-30-24)27(23)22-10-9-21-25-14-18(28(21)26-22)20-13-16-5-1-2-6-19(16)32-20/h1-2,5-6,9-10,13-14,17,24H,3-4,7-8,11-12,15H2/t17-,24?/m0/s1. The monoisotopic (exact) mass is 432 g/mol. The summed E-state index contributed by atoms with van der Waals surface area (Å²) in [6.07, 6.45) is 5.89. The van der Waals surface area contributed by atoms with Crippen LogP contribution in [0.3, 0.4) is 0 Å². The first-order valence-corrected chi connectivity index (χ1v) is 11.2. The molecule has 3 aromatic heterocycles. The van der Waals surface area contributed by atoms with E-state index >= 15 is 0 Å². The van der Waals surface area contributed by atoms with Gasteiger partial charge in [-0.05, 0) is 49.9 Å². The Labute approximate surface area is 184 Å². The Bertz CT molecular complexity index is 1240. The van der Waals surface area contributed by atoms with Crippen molar-refractivity contribution in [1.29, 1.82) is 0 Å². The van der Waals surface area contributed by atoms with Crippen molar-refractivity contribution < 1.29 is 18.7 Å². The predicted octanol–water partition coefficient (Wildman–Crippen LogP) is 4.18. The third-order valence-electron chi connectivity index (χ3n) is 6.21. The number of rotatable bonds is 5. The molecule has 8 heteroatoms. The lowest BCUT2D eigenvalue weighted by atomic mass is 10.2. The van der Waals surface area contributed by atoms with E-state index in [4.69, 9.17) is 19.0 Å². The average molecular weight is 432 g/mol. The summed E-state index contributed by atoms with van der Waals surface area (Å²) in [7, 11) is 0. The number of benzene rings is 1. The Morgan fingerprint density at radius 1 is 1.12 bits per heavy atom. The van der Waals surface area contributed by atoms with E-state index in [-0.39, 0.29) is 18.2 Å². The molecule has 0 spiro atoms. The molecule has 6 rings (SSSR count). The molecule has 0 radical (unpaired) electrons. The number of anilines is 1. The Hall–Kier alpha value is -3.23. The van der Waals surface area contributed by atoms with E-state index in [0.29, 0.717) is 30.3 Å². The van der Waals surface area contributed by atoms with Crippen LogP contribution in [0.1, 0.15) is 32.1 Å². The van der Waals surface area contributed by atoms with E-state index in [1.165, 1.54) is 0 Å². The minimum Gasteiger partial charge on any atom is -0.454 e. The first-order chi connectivity index (χ1) is 15.8. The number of hydrogen-bond donors (Lipinski definition) is 0. The molecule has 32 heavy (non-hydrogen) atoms. The van der Waals surface area contributed by atoms with Crippen molar-refractivity contribution in [3.8, 4) is 11.5 Å². The van der Waals surface area contributed by atoms with Crippen LogP contribution >= 0.6 is 0 Å². The molecule has 0 saturated carbocycles. The first-order valence-electron chi connectivity index (χ1n) is 11.2. The number of amides is 1. The molecule has 164 valence electrons. The zero-order chi connectivity index (χ0) is 21.5. The maximum Gasteiger partial charge on any atom is 0.228 e. The van der Waals surface area contributed by atoms with E-state index in [0.717, 1.165) is 49.0 Å². The number of imidazole rings is 1. The molecule has 4 aromatic rings. The smallest absolute Gasteiger partial charge is 0.228 e. The van der Waals surface area contributed by atoms with Gasteiger partial charge in [-0.2, -0.15) is 0 Å². The van der Waals surface area contributed by atoms with E-state index in [1.807, 2.05) is 42.5 Å². The molecule has 2 aliphatic rings. The number of carbonyl (C=O) groups is 1. The molecule has 2 fully saturated rings. The summed E-state index contributed by atoms with van der Waals surface area (Å²) in [6, 6.07) is 13.5. The summed E-state index contributed by atoms with van der Waals surface area (Å²) in [5, 5.41) is 5.79. The van der Waals surface area contributed by atoms with Crippen LogP contribution in [0.4, 0.5) is 5.82 Å². The molecule has 5 heterocycles. The molecule has 0 bridgehead atoms. The Balaban J connectivity index is 1.30. The van der Waals surface area contributed by atoms with Crippen molar-refractivity contribution in [1.82, 2.24) is 14.6 Å². The van der Waals surface area contributed by atoms with Crippen molar-refractivity contribution in [3.63, 3.8) is 0 Å². The summed E-state index contributed by atoms with van der Waals surface area (Å²) in [5.41, 5.74) is 2.25. The van der Waals surface area contributed by atoms with E-state index in [2.05, 4.69) is 4.98 Å². The zero-order valence-corrected chi connectivity index (χ0v) is 17.6. The molecule has 2 saturated heterocycles. The highest BCUT2D eigenvalue weighted by molar-refractivity contribution is 5.95. The topological polar surface area (TPSA) is 82.1 Å². The maximum atomic E-state index is 12.7. The third-order valence-corrected chi connectivity index (χ3v) is 6.21. The fraction of sp³-hybridized carbons (Fsp3) is 0.375. The normalized spacial score (nSPS) is 21.8. The first kappa shape index (κ1) is 19.5. The van der Waals surface area contributed by atoms with Crippen LogP contribution in [0.2, 0.25) is 0 Å². The second kappa shape index (κ2) is 8.03. The van der Waals surface area contributed by atoms with Gasteiger partial charge in [0.1, 0.15) is 11.3 Å². The van der Waals surface area contributed by atoms with Gasteiger partial charge >= 0.3 is 0 Å². The molecule has 1 aromatic carbocycles. The second-order valence-corrected chi connectivity index (χ2v) is 8.34. The number of nitrogens with zero attached hydrogens (tertiary/aromatic N) is 4. The second-order valence-electron chi connectivity index (χ2n) is 8.34. The SMILES string of the molecule is O=C1CC[C@@H](COC2CCCCO2)N1c1ccc2ncc(-c3cc4ccccc4o3)n2n1. The lowest BCUT2D eigenvalue weighted by Gasteiger charge is -2.27. The van der Waals surface area contributed by atoms with Crippen LogP contribution < -0.4 is 4.90 Å². The molecule has 2 atom stereocenters. The van der Waals surface area contributed by atoms with Crippen LogP contribution in [-0.4, -0.2) is 46.1 Å². The number of furan rings is 1. The minimum absolute atomic E-state index is 0.0559. The van der Waals surface area contributed by atoms with E-state index < -0.39 is 0 Å². The van der Waals surface area contributed by atoms with Crippen LogP contribution in [0.25, 0.3) is 28.1 Å². The van der Waals surface area contributed by atoms with Crippen LogP contribution in [-0.2, 0) is 14.3 Å². The third kappa shape index (κ3) is 3.45. The van der Waals surface area contributed by atoms with Crippen molar-refractivity contribution in [2.75, 3.05) is 18.1 Å². The van der Waals surface area contributed by atoms with Crippen LogP contribution in [0.5, 0.6) is 0 Å². The number of aromatic nitrogens is 3. The van der Waals surface area contributed by atoms with Crippen molar-refractivity contribution in [3.05, 3.63) is 48.7 Å². The summed E-state index contributed by atoms with van der Waals surface area (Å²) < 4.78 is 19.4. The maximum absolute atomic E-state index is 12.7. The van der Waals surface area contributed by atoms with Crippen molar-refractivity contribution >= 4 is 28.3 Å². The van der Waals surface area contributed by atoms with Gasteiger partial charge in [-0.1, -0.05) is 18.2 Å². The van der Waals surface area contributed by atoms with Gasteiger partial charge in [0.05, 0.1) is 18.8 Å². The lowest BCUT2D eigenvalue weighted by molar-refractivity contribution is -0.164. The summed E-state index contributed by atoms with van der Waals surface area (Å²) >= 11 is 0. The molecular weight excluding hydrogens is 408 g/mol. The van der Waals surface area contributed by atoms with Gasteiger partial charge in [0.15, 0.2) is 23.5 Å². The summed E-state index contributed by atoms with van der Waals surface area (Å²) in [5.74, 6) is 1.33. The summed E-state index contributed by atoms with van der Waals surface area (Å²) in [6.45, 7) is 1.18. The molecule has 1 unspecified atom stereocenters. The minimum atomic E-state index is -0.176. The van der Waals surface area contributed by atoms with Crippen LogP contribution in [0, 0.1) is 0 Å². The van der Waals surface area contributed by atoms with Crippen molar-refractivity contribution in [2.24, 2.45) is 0 Å². The van der Waals surface area contributed by atoms with Gasteiger partial charge in [0, 0.05) is 18.4 Å². The van der Waals surface area contributed by atoms with Crippen molar-refractivity contribution in [2.45, 2.75) is 44.4 Å².